The molecule has 1 aromatic heterocycles. The predicted octanol–water partition coefficient (Wildman–Crippen LogP) is 3.11. The maximum absolute atomic E-state index is 4.21. The van der Waals surface area contributed by atoms with Crippen molar-refractivity contribution in [2.45, 2.75) is 33.2 Å². The molecule has 0 bridgehead atoms. The number of aromatic nitrogens is 2. The van der Waals surface area contributed by atoms with Crippen LogP contribution in [-0.4, -0.2) is 16.1 Å². The fourth-order valence-corrected chi connectivity index (χ4v) is 2.85. The molecule has 2 rings (SSSR count). The Kier molecular flexibility index (Phi) is 4.44. The molecular formula is C14H19N3S. The third kappa shape index (κ3) is 2.76. The smallest absolute Gasteiger partial charge is 0.0804 e. The Labute approximate surface area is 112 Å². The first-order valence-corrected chi connectivity index (χ1v) is 7.14. The van der Waals surface area contributed by atoms with Crippen LogP contribution in [0.5, 0.6) is 0 Å². The van der Waals surface area contributed by atoms with E-state index in [2.05, 4.69) is 59.9 Å². The molecule has 4 heteroatoms. The van der Waals surface area contributed by atoms with E-state index in [1.165, 1.54) is 27.5 Å². The number of hydrogen-bond acceptors (Lipinski definition) is 4. The fraction of sp³-hybridized carbons (Fsp3) is 0.429. The van der Waals surface area contributed by atoms with Crippen molar-refractivity contribution in [1.29, 1.82) is 0 Å². The monoisotopic (exact) mass is 261 g/mol. The number of nitrogens with one attached hydrogen (secondary N) is 1. The zero-order valence-electron chi connectivity index (χ0n) is 11.1. The topological polar surface area (TPSA) is 37.8 Å². The summed E-state index contributed by atoms with van der Waals surface area (Å²) >= 11 is 1.50. The zero-order chi connectivity index (χ0) is 13.0. The summed E-state index contributed by atoms with van der Waals surface area (Å²) in [7, 11) is 0. The van der Waals surface area contributed by atoms with Crippen LogP contribution in [0.4, 0.5) is 0 Å². The van der Waals surface area contributed by atoms with Crippen LogP contribution in [0, 0.1) is 6.92 Å². The maximum atomic E-state index is 4.21. The highest BCUT2D eigenvalue weighted by Crippen LogP contribution is 2.27. The molecule has 0 spiro atoms. The van der Waals surface area contributed by atoms with Gasteiger partial charge < -0.3 is 5.32 Å². The Morgan fingerprint density at radius 1 is 1.22 bits per heavy atom. The molecule has 0 amide bonds. The van der Waals surface area contributed by atoms with Crippen molar-refractivity contribution >= 4 is 11.5 Å². The van der Waals surface area contributed by atoms with Gasteiger partial charge >= 0.3 is 0 Å². The normalized spacial score (nSPS) is 12.6. The number of aryl methyl sites for hydroxylation is 2. The van der Waals surface area contributed by atoms with Crippen LogP contribution in [0.2, 0.25) is 0 Å². The minimum Gasteiger partial charge on any atom is -0.306 e. The number of hydrogen-bond donors (Lipinski definition) is 1. The molecule has 0 saturated carbocycles. The van der Waals surface area contributed by atoms with Crippen LogP contribution >= 0.6 is 11.5 Å². The van der Waals surface area contributed by atoms with Gasteiger partial charge in [0.2, 0.25) is 0 Å². The molecule has 0 aliphatic heterocycles. The fourth-order valence-electron chi connectivity index (χ4n) is 2.00. The quantitative estimate of drug-likeness (QED) is 0.898. The molecule has 1 aromatic carbocycles. The highest BCUT2D eigenvalue weighted by atomic mass is 32.1. The Bertz CT molecular complexity index is 490. The maximum Gasteiger partial charge on any atom is 0.0804 e. The summed E-state index contributed by atoms with van der Waals surface area (Å²) in [5, 5.41) is 7.74. The molecule has 0 aliphatic carbocycles. The SMILES string of the molecule is CCNC(c1ccc(C)cc1)c1snnc1CC. The van der Waals surface area contributed by atoms with Gasteiger partial charge in [0, 0.05) is 0 Å². The van der Waals surface area contributed by atoms with Gasteiger partial charge in [-0.15, -0.1) is 5.10 Å². The highest BCUT2D eigenvalue weighted by molar-refractivity contribution is 7.05. The van der Waals surface area contributed by atoms with Crippen LogP contribution in [0.15, 0.2) is 24.3 Å². The van der Waals surface area contributed by atoms with Gasteiger partial charge in [-0.25, -0.2) is 0 Å². The summed E-state index contributed by atoms with van der Waals surface area (Å²) in [6.07, 6.45) is 0.930. The molecule has 0 fully saturated rings. The van der Waals surface area contributed by atoms with E-state index < -0.39 is 0 Å². The first kappa shape index (κ1) is 13.2. The number of benzene rings is 1. The molecule has 96 valence electrons. The minimum absolute atomic E-state index is 0.213. The molecule has 1 unspecified atom stereocenters. The van der Waals surface area contributed by atoms with Gasteiger partial charge in [0.25, 0.3) is 0 Å². The van der Waals surface area contributed by atoms with Crippen molar-refractivity contribution in [2.75, 3.05) is 6.54 Å². The molecule has 1 heterocycles. The lowest BCUT2D eigenvalue weighted by Gasteiger charge is -2.17. The second kappa shape index (κ2) is 6.07. The predicted molar refractivity (Wildman–Crippen MR) is 76.0 cm³/mol. The Hall–Kier alpha value is -1.26. The van der Waals surface area contributed by atoms with E-state index in [0.717, 1.165) is 18.7 Å². The average Bonchev–Trinajstić information content (AvgIpc) is 2.85. The molecule has 1 atom stereocenters. The molecule has 2 aromatic rings. The first-order valence-electron chi connectivity index (χ1n) is 6.37. The van der Waals surface area contributed by atoms with Gasteiger partial charge in [0.05, 0.1) is 16.6 Å². The third-order valence-corrected chi connectivity index (χ3v) is 3.83. The van der Waals surface area contributed by atoms with Crippen LogP contribution in [0.25, 0.3) is 0 Å². The number of nitrogens with zero attached hydrogens (tertiary/aromatic N) is 2. The minimum atomic E-state index is 0.213. The van der Waals surface area contributed by atoms with Crippen molar-refractivity contribution in [1.82, 2.24) is 14.9 Å². The van der Waals surface area contributed by atoms with E-state index in [1.807, 2.05) is 0 Å². The lowest BCUT2D eigenvalue weighted by Crippen LogP contribution is -2.22. The van der Waals surface area contributed by atoms with Crippen LogP contribution < -0.4 is 5.32 Å². The second-order valence-electron chi connectivity index (χ2n) is 4.34. The number of rotatable bonds is 5. The van der Waals surface area contributed by atoms with Crippen LogP contribution in [0.1, 0.15) is 41.6 Å². The van der Waals surface area contributed by atoms with Gasteiger partial charge in [-0.05, 0) is 37.0 Å². The molecule has 1 N–H and O–H groups in total. The van der Waals surface area contributed by atoms with E-state index in [4.69, 9.17) is 0 Å². The molecule has 0 aliphatic rings. The van der Waals surface area contributed by atoms with Crippen molar-refractivity contribution in [2.24, 2.45) is 0 Å². The zero-order valence-corrected chi connectivity index (χ0v) is 11.9. The lowest BCUT2D eigenvalue weighted by atomic mass is 10.0. The molecule has 18 heavy (non-hydrogen) atoms. The van der Waals surface area contributed by atoms with Crippen LogP contribution in [0.3, 0.4) is 0 Å². The van der Waals surface area contributed by atoms with Crippen molar-refractivity contribution in [3.8, 4) is 0 Å². The van der Waals surface area contributed by atoms with E-state index in [9.17, 15) is 0 Å². The van der Waals surface area contributed by atoms with Gasteiger partial charge in [0.15, 0.2) is 0 Å². The van der Waals surface area contributed by atoms with E-state index >= 15 is 0 Å². The Morgan fingerprint density at radius 2 is 1.94 bits per heavy atom. The van der Waals surface area contributed by atoms with Crippen molar-refractivity contribution in [3.05, 3.63) is 46.0 Å². The van der Waals surface area contributed by atoms with E-state index in [-0.39, 0.29) is 6.04 Å². The standard InChI is InChI=1S/C14H19N3S/c1-4-12-14(18-17-16-12)13(15-5-2)11-8-6-10(3)7-9-11/h6-9,13,15H,4-5H2,1-3H3. The highest BCUT2D eigenvalue weighted by Gasteiger charge is 2.19. The summed E-state index contributed by atoms with van der Waals surface area (Å²) in [5.74, 6) is 0. The lowest BCUT2D eigenvalue weighted by molar-refractivity contribution is 0.633. The Morgan fingerprint density at radius 3 is 2.56 bits per heavy atom. The summed E-state index contributed by atoms with van der Waals surface area (Å²) < 4.78 is 4.09. The largest absolute Gasteiger partial charge is 0.306 e. The van der Waals surface area contributed by atoms with E-state index in [0.29, 0.717) is 0 Å². The molecular weight excluding hydrogens is 242 g/mol. The van der Waals surface area contributed by atoms with Crippen molar-refractivity contribution in [3.63, 3.8) is 0 Å². The average molecular weight is 261 g/mol. The first-order chi connectivity index (χ1) is 8.76. The third-order valence-electron chi connectivity index (χ3n) is 3.00. The molecule has 3 nitrogen and oxygen atoms in total. The van der Waals surface area contributed by atoms with E-state index in [1.54, 1.807) is 0 Å². The second-order valence-corrected chi connectivity index (χ2v) is 5.12. The van der Waals surface area contributed by atoms with Gasteiger partial charge in [-0.2, -0.15) is 0 Å². The van der Waals surface area contributed by atoms with Gasteiger partial charge in [-0.3, -0.25) is 0 Å². The van der Waals surface area contributed by atoms with Gasteiger partial charge in [0.1, 0.15) is 0 Å². The summed E-state index contributed by atoms with van der Waals surface area (Å²) in [6.45, 7) is 7.29. The molecule has 0 saturated heterocycles. The Balaban J connectivity index is 2.36. The van der Waals surface area contributed by atoms with Gasteiger partial charge in [-0.1, -0.05) is 48.2 Å². The summed E-state index contributed by atoms with van der Waals surface area (Å²) in [4.78, 5) is 1.24. The summed E-state index contributed by atoms with van der Waals surface area (Å²) in [5.41, 5.74) is 3.67. The van der Waals surface area contributed by atoms with Crippen LogP contribution in [-0.2, 0) is 6.42 Å². The molecule has 0 radical (unpaired) electrons. The van der Waals surface area contributed by atoms with Crippen molar-refractivity contribution < 1.29 is 0 Å². The summed E-state index contributed by atoms with van der Waals surface area (Å²) in [6, 6.07) is 8.88.